The number of carbonyl (C=O) groups is 2. The second-order valence-electron chi connectivity index (χ2n) is 9.61. The zero-order valence-corrected chi connectivity index (χ0v) is 22.6. The number of hydrogen-bond acceptors (Lipinski definition) is 4. The highest BCUT2D eigenvalue weighted by Crippen LogP contribution is 2.36. The molecule has 0 spiro atoms. The maximum atomic E-state index is 12.6. The molecule has 2 fully saturated rings. The summed E-state index contributed by atoms with van der Waals surface area (Å²) in [7, 11) is 3.41. The molecule has 2 unspecified atom stereocenters. The topological polar surface area (TPSA) is 95.1 Å². The maximum Gasteiger partial charge on any atom is 0.410 e. The minimum Gasteiger partial charge on any atom is -0.444 e. The smallest absolute Gasteiger partial charge is 0.410 e. The monoisotopic (exact) mass is 571 g/mol. The van der Waals surface area contributed by atoms with E-state index in [1.807, 2.05) is 49.9 Å². The number of piperidine rings is 1. The molecule has 8 nitrogen and oxygen atoms in total. The van der Waals surface area contributed by atoms with E-state index < -0.39 is 5.60 Å². The zero-order chi connectivity index (χ0) is 23.3. The molecule has 1 aromatic carbocycles. The standard InChI is InChI=1S/C24H37N5O3.HI/c1-24(2,3)32-23(31)29-19-9-10-20(29)15-18(14-19)28-22(26-5)27-12-11-16-7-6-8-17(13-16)21(30)25-4;/h6-8,13,18-20H,9-12,14-15H2,1-5H3,(H,25,30)(H2,26,27,28);1H. The first-order chi connectivity index (χ1) is 15.2. The van der Waals surface area contributed by atoms with Gasteiger partial charge in [-0.1, -0.05) is 12.1 Å². The number of carbonyl (C=O) groups excluding carboxylic acids is 2. The fourth-order valence-corrected chi connectivity index (χ4v) is 4.63. The van der Waals surface area contributed by atoms with Crippen molar-refractivity contribution in [2.45, 2.75) is 76.6 Å². The van der Waals surface area contributed by atoms with Gasteiger partial charge in [0, 0.05) is 44.3 Å². The quantitative estimate of drug-likeness (QED) is 0.287. The number of ether oxygens (including phenoxy) is 1. The van der Waals surface area contributed by atoms with Gasteiger partial charge in [-0.05, 0) is 70.6 Å². The van der Waals surface area contributed by atoms with Crippen LogP contribution in [0.4, 0.5) is 4.79 Å². The summed E-state index contributed by atoms with van der Waals surface area (Å²) in [5.41, 5.74) is 1.29. The number of halogens is 1. The summed E-state index contributed by atoms with van der Waals surface area (Å²) in [6.07, 6.45) is 4.43. The SMILES string of the molecule is CN=C(NCCc1cccc(C(=O)NC)c1)NC1CC2CCC(C1)N2C(=O)OC(C)(C)C.I. The summed E-state index contributed by atoms with van der Waals surface area (Å²) in [5.74, 6) is 0.687. The predicted molar refractivity (Wildman–Crippen MR) is 141 cm³/mol. The van der Waals surface area contributed by atoms with Gasteiger partial charge in [0.1, 0.15) is 5.60 Å². The van der Waals surface area contributed by atoms with Crippen LogP contribution in [0, 0.1) is 0 Å². The Kier molecular flexibility index (Phi) is 9.81. The lowest BCUT2D eigenvalue weighted by atomic mass is 9.98. The van der Waals surface area contributed by atoms with Gasteiger partial charge in [0.05, 0.1) is 0 Å². The summed E-state index contributed by atoms with van der Waals surface area (Å²) >= 11 is 0. The second kappa shape index (κ2) is 11.9. The molecule has 9 heteroatoms. The van der Waals surface area contributed by atoms with Crippen LogP contribution in [0.25, 0.3) is 0 Å². The molecule has 2 saturated heterocycles. The van der Waals surface area contributed by atoms with Gasteiger partial charge in [0.15, 0.2) is 5.96 Å². The first-order valence-electron chi connectivity index (χ1n) is 11.5. The third-order valence-corrected chi connectivity index (χ3v) is 6.02. The third-order valence-electron chi connectivity index (χ3n) is 6.02. The molecule has 33 heavy (non-hydrogen) atoms. The fourth-order valence-electron chi connectivity index (χ4n) is 4.63. The number of hydrogen-bond donors (Lipinski definition) is 3. The van der Waals surface area contributed by atoms with Crippen LogP contribution >= 0.6 is 24.0 Å². The minimum atomic E-state index is -0.475. The molecule has 2 amide bonds. The van der Waals surface area contributed by atoms with Crippen LogP contribution in [-0.4, -0.2) is 67.2 Å². The van der Waals surface area contributed by atoms with Crippen LogP contribution in [0.1, 0.15) is 62.4 Å². The van der Waals surface area contributed by atoms with Gasteiger partial charge in [-0.3, -0.25) is 9.79 Å². The molecule has 1 aromatic rings. The average molecular weight is 572 g/mol. The molecule has 2 bridgehead atoms. The largest absolute Gasteiger partial charge is 0.444 e. The summed E-state index contributed by atoms with van der Waals surface area (Å²) in [6, 6.07) is 8.36. The van der Waals surface area contributed by atoms with Gasteiger partial charge in [-0.15, -0.1) is 24.0 Å². The predicted octanol–water partition coefficient (Wildman–Crippen LogP) is 3.30. The van der Waals surface area contributed by atoms with E-state index >= 15 is 0 Å². The molecular weight excluding hydrogens is 533 g/mol. The lowest BCUT2D eigenvalue weighted by Gasteiger charge is -2.40. The zero-order valence-electron chi connectivity index (χ0n) is 20.3. The first kappa shape index (κ1) is 27.2. The number of fused-ring (bicyclic) bond motifs is 2. The third kappa shape index (κ3) is 7.48. The van der Waals surface area contributed by atoms with Crippen molar-refractivity contribution in [1.82, 2.24) is 20.9 Å². The molecule has 2 atom stereocenters. The molecular formula is C24H38IN5O3. The van der Waals surface area contributed by atoms with Crippen LogP contribution in [-0.2, 0) is 11.2 Å². The Morgan fingerprint density at radius 3 is 2.42 bits per heavy atom. The Morgan fingerprint density at radius 2 is 1.85 bits per heavy atom. The van der Waals surface area contributed by atoms with Gasteiger partial charge < -0.3 is 25.6 Å². The Hall–Kier alpha value is -2.04. The molecule has 3 rings (SSSR count). The highest BCUT2D eigenvalue weighted by Gasteiger charge is 2.45. The highest BCUT2D eigenvalue weighted by molar-refractivity contribution is 14.0. The molecule has 184 valence electrons. The summed E-state index contributed by atoms with van der Waals surface area (Å²) in [5, 5.41) is 9.57. The molecule has 0 aromatic heterocycles. The number of benzene rings is 1. The fraction of sp³-hybridized carbons (Fsp3) is 0.625. The highest BCUT2D eigenvalue weighted by atomic mass is 127. The van der Waals surface area contributed by atoms with Crippen molar-refractivity contribution in [3.05, 3.63) is 35.4 Å². The molecule has 2 aliphatic heterocycles. The van der Waals surface area contributed by atoms with E-state index in [-0.39, 0.29) is 54.1 Å². The lowest BCUT2D eigenvalue weighted by molar-refractivity contribution is 0.00544. The Morgan fingerprint density at radius 1 is 1.18 bits per heavy atom. The van der Waals surface area contributed by atoms with Crippen molar-refractivity contribution in [3.8, 4) is 0 Å². The number of nitrogens with zero attached hydrogens (tertiary/aromatic N) is 2. The van der Waals surface area contributed by atoms with Gasteiger partial charge in [0.25, 0.3) is 5.91 Å². The number of nitrogens with one attached hydrogen (secondary N) is 3. The van der Waals surface area contributed by atoms with Crippen molar-refractivity contribution in [2.24, 2.45) is 4.99 Å². The Labute approximate surface area is 214 Å². The van der Waals surface area contributed by atoms with Crippen LogP contribution in [0.2, 0.25) is 0 Å². The number of guanidine groups is 1. The summed E-state index contributed by atoms with van der Waals surface area (Å²) < 4.78 is 5.63. The van der Waals surface area contributed by atoms with Crippen molar-refractivity contribution in [2.75, 3.05) is 20.6 Å². The Bertz CT molecular complexity index is 841. The van der Waals surface area contributed by atoms with E-state index in [9.17, 15) is 9.59 Å². The van der Waals surface area contributed by atoms with Crippen LogP contribution < -0.4 is 16.0 Å². The van der Waals surface area contributed by atoms with Gasteiger partial charge in [-0.2, -0.15) is 0 Å². The van der Waals surface area contributed by atoms with Crippen molar-refractivity contribution in [1.29, 1.82) is 0 Å². The van der Waals surface area contributed by atoms with E-state index in [0.717, 1.165) is 43.6 Å². The van der Waals surface area contributed by atoms with E-state index in [2.05, 4.69) is 20.9 Å². The van der Waals surface area contributed by atoms with Crippen LogP contribution in [0.5, 0.6) is 0 Å². The molecule has 3 N–H and O–H groups in total. The molecule has 0 radical (unpaired) electrons. The Balaban J connectivity index is 0.00000385. The van der Waals surface area contributed by atoms with E-state index in [1.165, 1.54) is 0 Å². The maximum absolute atomic E-state index is 12.6. The lowest BCUT2D eigenvalue weighted by Crippen LogP contribution is -2.55. The van der Waals surface area contributed by atoms with E-state index in [0.29, 0.717) is 12.1 Å². The summed E-state index contributed by atoms with van der Waals surface area (Å²) in [6.45, 7) is 6.43. The molecule has 2 aliphatic rings. The van der Waals surface area contributed by atoms with Crippen LogP contribution in [0.15, 0.2) is 29.3 Å². The first-order valence-corrected chi connectivity index (χ1v) is 11.5. The second-order valence-corrected chi connectivity index (χ2v) is 9.61. The average Bonchev–Trinajstić information content (AvgIpc) is 3.02. The van der Waals surface area contributed by atoms with Crippen molar-refractivity contribution >= 4 is 41.9 Å². The number of amides is 2. The number of rotatable bonds is 5. The molecule has 0 aliphatic carbocycles. The van der Waals surface area contributed by atoms with E-state index in [4.69, 9.17) is 4.74 Å². The van der Waals surface area contributed by atoms with Gasteiger partial charge in [0.2, 0.25) is 0 Å². The normalized spacial score (nSPS) is 22.3. The van der Waals surface area contributed by atoms with Crippen molar-refractivity contribution in [3.63, 3.8) is 0 Å². The van der Waals surface area contributed by atoms with Gasteiger partial charge >= 0.3 is 6.09 Å². The van der Waals surface area contributed by atoms with Crippen molar-refractivity contribution < 1.29 is 14.3 Å². The number of aliphatic imine (C=N–C) groups is 1. The van der Waals surface area contributed by atoms with Crippen LogP contribution in [0.3, 0.4) is 0 Å². The molecule has 0 saturated carbocycles. The summed E-state index contributed by atoms with van der Waals surface area (Å²) in [4.78, 5) is 30.8. The molecule has 2 heterocycles. The van der Waals surface area contributed by atoms with Gasteiger partial charge in [-0.25, -0.2) is 4.79 Å². The minimum absolute atomic E-state index is 0. The van der Waals surface area contributed by atoms with E-state index in [1.54, 1.807) is 14.1 Å².